The largest absolute Gasteiger partial charge is 0.379 e. The van der Waals surface area contributed by atoms with Gasteiger partial charge in [-0.2, -0.15) is 0 Å². The molecule has 2 nitrogen and oxygen atoms in total. The van der Waals surface area contributed by atoms with E-state index in [1.807, 2.05) is 0 Å². The van der Waals surface area contributed by atoms with Gasteiger partial charge in [0.2, 0.25) is 0 Å². The molecule has 0 fully saturated rings. The molecule has 0 aliphatic rings. The molecule has 0 aromatic heterocycles. The molecule has 0 amide bonds. The first-order chi connectivity index (χ1) is 5.91. The van der Waals surface area contributed by atoms with Gasteiger partial charge >= 0.3 is 0 Å². The van der Waals surface area contributed by atoms with Gasteiger partial charge in [-0.25, -0.2) is 0 Å². The van der Waals surface area contributed by atoms with Crippen LogP contribution >= 0.6 is 0 Å². The van der Waals surface area contributed by atoms with Crippen LogP contribution in [0.2, 0.25) is 0 Å². The van der Waals surface area contributed by atoms with E-state index in [1.54, 1.807) is 7.11 Å². The summed E-state index contributed by atoms with van der Waals surface area (Å²) in [5.74, 6) is 0.725. The Kier molecular flexibility index (Phi) is 5.57. The summed E-state index contributed by atoms with van der Waals surface area (Å²) in [5, 5.41) is 0. The maximum Gasteiger partial charge on any atom is 0.0637 e. The highest BCUT2D eigenvalue weighted by Crippen LogP contribution is 2.19. The molecule has 13 heavy (non-hydrogen) atoms. The van der Waals surface area contributed by atoms with Crippen LogP contribution in [-0.2, 0) is 4.74 Å². The van der Waals surface area contributed by atoms with Crippen molar-refractivity contribution >= 4 is 0 Å². The van der Waals surface area contributed by atoms with Crippen LogP contribution in [0.4, 0.5) is 0 Å². The fraction of sp³-hybridized carbons (Fsp3) is 1.00. The first-order valence-electron chi connectivity index (χ1n) is 5.22. The molecule has 0 saturated carbocycles. The quantitative estimate of drug-likeness (QED) is 0.693. The van der Waals surface area contributed by atoms with E-state index >= 15 is 0 Å². The summed E-state index contributed by atoms with van der Waals surface area (Å²) in [7, 11) is 1.75. The van der Waals surface area contributed by atoms with Gasteiger partial charge in [0.05, 0.1) is 5.60 Å². The molecule has 0 aliphatic carbocycles. The number of rotatable bonds is 6. The summed E-state index contributed by atoms with van der Waals surface area (Å²) in [6.07, 6.45) is 3.25. The third kappa shape index (κ3) is 6.05. The molecule has 0 rings (SSSR count). The smallest absolute Gasteiger partial charge is 0.0637 e. The molecular formula is C11H25NO. The maximum atomic E-state index is 6.03. The van der Waals surface area contributed by atoms with Gasteiger partial charge in [0.1, 0.15) is 0 Å². The van der Waals surface area contributed by atoms with Crippen LogP contribution in [0, 0.1) is 5.92 Å². The average Bonchev–Trinajstić information content (AvgIpc) is 2.03. The van der Waals surface area contributed by atoms with Crippen molar-refractivity contribution in [3.8, 4) is 0 Å². The van der Waals surface area contributed by atoms with E-state index in [2.05, 4.69) is 27.7 Å². The van der Waals surface area contributed by atoms with Gasteiger partial charge in [-0.3, -0.25) is 0 Å². The van der Waals surface area contributed by atoms with Crippen molar-refractivity contribution in [1.82, 2.24) is 0 Å². The molecule has 0 aromatic rings. The Hall–Kier alpha value is -0.0800. The zero-order chi connectivity index (χ0) is 10.5. The molecule has 2 N–H and O–H groups in total. The number of ether oxygens (including phenoxy) is 1. The predicted molar refractivity (Wildman–Crippen MR) is 57.8 cm³/mol. The van der Waals surface area contributed by atoms with Crippen molar-refractivity contribution in [3.63, 3.8) is 0 Å². The van der Waals surface area contributed by atoms with Gasteiger partial charge in [0.25, 0.3) is 0 Å². The molecule has 0 aromatic carbocycles. The highest BCUT2D eigenvalue weighted by Gasteiger charge is 2.21. The van der Waals surface area contributed by atoms with E-state index in [0.29, 0.717) is 0 Å². The maximum absolute atomic E-state index is 6.03. The van der Waals surface area contributed by atoms with Gasteiger partial charge in [-0.1, -0.05) is 20.3 Å². The van der Waals surface area contributed by atoms with E-state index in [4.69, 9.17) is 10.5 Å². The summed E-state index contributed by atoms with van der Waals surface area (Å²) in [6, 6.07) is 0.268. The van der Waals surface area contributed by atoms with Crippen LogP contribution in [-0.4, -0.2) is 18.8 Å². The monoisotopic (exact) mass is 187 g/mol. The van der Waals surface area contributed by atoms with Gasteiger partial charge in [0, 0.05) is 13.2 Å². The highest BCUT2D eigenvalue weighted by atomic mass is 16.5. The van der Waals surface area contributed by atoms with Gasteiger partial charge in [-0.05, 0) is 32.6 Å². The standard InChI is InChI=1S/C11H25NO/c1-6-9(2)7-10(12)8-11(3,4)13-5/h9-10H,6-8,12H2,1-5H3. The summed E-state index contributed by atoms with van der Waals surface area (Å²) >= 11 is 0. The second kappa shape index (κ2) is 5.61. The van der Waals surface area contributed by atoms with Crippen LogP contribution in [0.25, 0.3) is 0 Å². The number of hydrogen-bond donors (Lipinski definition) is 1. The van der Waals surface area contributed by atoms with E-state index in [-0.39, 0.29) is 11.6 Å². The Labute approximate surface area is 82.8 Å². The molecule has 0 spiro atoms. The molecule has 0 radical (unpaired) electrons. The van der Waals surface area contributed by atoms with Crippen LogP contribution in [0.15, 0.2) is 0 Å². The summed E-state index contributed by atoms with van der Waals surface area (Å²) in [4.78, 5) is 0. The second-order valence-corrected chi connectivity index (χ2v) is 4.68. The molecular weight excluding hydrogens is 162 g/mol. The topological polar surface area (TPSA) is 35.2 Å². The predicted octanol–water partition coefficient (Wildman–Crippen LogP) is 2.57. The van der Waals surface area contributed by atoms with Crippen molar-refractivity contribution in [2.45, 2.75) is 58.6 Å². The Bertz CT molecular complexity index is 134. The van der Waals surface area contributed by atoms with Crippen LogP contribution in [0.5, 0.6) is 0 Å². The lowest BCUT2D eigenvalue weighted by atomic mass is 9.92. The van der Waals surface area contributed by atoms with Crippen molar-refractivity contribution in [2.75, 3.05) is 7.11 Å². The molecule has 0 heterocycles. The first-order valence-corrected chi connectivity index (χ1v) is 5.22. The van der Waals surface area contributed by atoms with Gasteiger partial charge < -0.3 is 10.5 Å². The summed E-state index contributed by atoms with van der Waals surface area (Å²) in [6.45, 7) is 8.63. The zero-order valence-corrected chi connectivity index (χ0v) is 9.76. The molecule has 2 unspecified atom stereocenters. The summed E-state index contributed by atoms with van der Waals surface area (Å²) < 4.78 is 5.34. The molecule has 2 atom stereocenters. The molecule has 2 heteroatoms. The van der Waals surface area contributed by atoms with E-state index in [0.717, 1.165) is 18.8 Å². The minimum Gasteiger partial charge on any atom is -0.379 e. The molecule has 0 aliphatic heterocycles. The van der Waals surface area contributed by atoms with Crippen molar-refractivity contribution in [1.29, 1.82) is 0 Å². The first kappa shape index (κ1) is 12.9. The summed E-state index contributed by atoms with van der Waals surface area (Å²) in [5.41, 5.74) is 5.96. The lowest BCUT2D eigenvalue weighted by Crippen LogP contribution is -2.34. The SMILES string of the molecule is CCC(C)CC(N)CC(C)(C)OC. The van der Waals surface area contributed by atoms with Crippen molar-refractivity contribution in [3.05, 3.63) is 0 Å². The van der Waals surface area contributed by atoms with Crippen molar-refractivity contribution < 1.29 is 4.74 Å². The number of methoxy groups -OCH3 is 1. The molecule has 0 saturated heterocycles. The van der Waals surface area contributed by atoms with E-state index in [9.17, 15) is 0 Å². The Balaban J connectivity index is 3.79. The van der Waals surface area contributed by atoms with Gasteiger partial charge in [-0.15, -0.1) is 0 Å². The lowest BCUT2D eigenvalue weighted by molar-refractivity contribution is 0.00856. The zero-order valence-electron chi connectivity index (χ0n) is 9.76. The lowest BCUT2D eigenvalue weighted by Gasteiger charge is -2.27. The fourth-order valence-electron chi connectivity index (χ4n) is 1.48. The highest BCUT2D eigenvalue weighted by molar-refractivity contribution is 4.76. The van der Waals surface area contributed by atoms with Gasteiger partial charge in [0.15, 0.2) is 0 Å². The molecule has 80 valence electrons. The van der Waals surface area contributed by atoms with Crippen LogP contribution in [0.1, 0.15) is 47.0 Å². The average molecular weight is 187 g/mol. The second-order valence-electron chi connectivity index (χ2n) is 4.68. The van der Waals surface area contributed by atoms with E-state index in [1.165, 1.54) is 6.42 Å². The van der Waals surface area contributed by atoms with E-state index < -0.39 is 0 Å². The fourth-order valence-corrected chi connectivity index (χ4v) is 1.48. The number of nitrogens with two attached hydrogens (primary N) is 1. The van der Waals surface area contributed by atoms with Crippen LogP contribution < -0.4 is 5.73 Å². The van der Waals surface area contributed by atoms with Crippen molar-refractivity contribution in [2.24, 2.45) is 11.7 Å². The third-order valence-corrected chi connectivity index (χ3v) is 2.71. The number of hydrogen-bond acceptors (Lipinski definition) is 2. The Morgan fingerprint density at radius 3 is 2.31 bits per heavy atom. The minimum atomic E-state index is -0.0765. The normalized spacial score (nSPS) is 17.1. The third-order valence-electron chi connectivity index (χ3n) is 2.71. The van der Waals surface area contributed by atoms with Crippen LogP contribution in [0.3, 0.4) is 0 Å². The Morgan fingerprint density at radius 2 is 1.92 bits per heavy atom. The Morgan fingerprint density at radius 1 is 1.38 bits per heavy atom. The molecule has 0 bridgehead atoms. The minimum absolute atomic E-state index is 0.0765.